The topological polar surface area (TPSA) is 39.9 Å². The lowest BCUT2D eigenvalue weighted by molar-refractivity contribution is -0.0394. The molecule has 1 fully saturated rings. The number of allylic oxidation sites excluding steroid dienone is 1. The number of fused-ring (bicyclic) bond motifs is 1. The molecule has 0 spiro atoms. The molecule has 0 N–H and O–H groups in total. The Bertz CT molecular complexity index is 702. The van der Waals surface area contributed by atoms with Gasteiger partial charge in [-0.15, -0.1) is 0 Å². The highest BCUT2D eigenvalue weighted by atomic mass is 35.5. The predicted molar refractivity (Wildman–Crippen MR) is 82.0 cm³/mol. The number of halogens is 1. The van der Waals surface area contributed by atoms with Crippen molar-refractivity contribution in [2.45, 2.75) is 31.9 Å². The number of rotatable bonds is 2. The van der Waals surface area contributed by atoms with Gasteiger partial charge < -0.3 is 4.74 Å². The number of hydrogen-bond donors (Lipinski definition) is 0. The second kappa shape index (κ2) is 5.28. The van der Waals surface area contributed by atoms with Crippen LogP contribution >= 0.6 is 11.6 Å². The van der Waals surface area contributed by atoms with E-state index in [2.05, 4.69) is 22.2 Å². The minimum Gasteiger partial charge on any atom is -0.357 e. The number of pyridine rings is 1. The number of hydrogen-bond acceptors (Lipinski definition) is 3. The molecule has 2 aromatic rings. The van der Waals surface area contributed by atoms with E-state index in [0.29, 0.717) is 5.15 Å². The molecule has 108 valence electrons. The molecule has 1 saturated heterocycles. The summed E-state index contributed by atoms with van der Waals surface area (Å²) >= 11 is 6.16. The maximum Gasteiger partial charge on any atom is 0.150 e. The van der Waals surface area contributed by atoms with Crippen LogP contribution in [0.4, 0.5) is 0 Å². The molecular weight excluding hydrogens is 286 g/mol. The van der Waals surface area contributed by atoms with Crippen LogP contribution in [0.5, 0.6) is 0 Å². The van der Waals surface area contributed by atoms with Crippen LogP contribution < -0.4 is 0 Å². The summed E-state index contributed by atoms with van der Waals surface area (Å²) in [6.07, 6.45) is 14.3. The van der Waals surface area contributed by atoms with E-state index in [0.717, 1.165) is 42.6 Å². The highest BCUT2D eigenvalue weighted by Crippen LogP contribution is 2.34. The number of nitrogens with zero attached hydrogens (tertiary/aromatic N) is 3. The maximum atomic E-state index is 6.16. The third-order valence-corrected chi connectivity index (χ3v) is 4.47. The van der Waals surface area contributed by atoms with Gasteiger partial charge in [0.25, 0.3) is 0 Å². The Balaban J connectivity index is 1.70. The Labute approximate surface area is 128 Å². The second-order valence-electron chi connectivity index (χ2n) is 5.49. The second-order valence-corrected chi connectivity index (χ2v) is 5.85. The quantitative estimate of drug-likeness (QED) is 0.791. The van der Waals surface area contributed by atoms with Crippen molar-refractivity contribution >= 4 is 17.7 Å². The van der Waals surface area contributed by atoms with Gasteiger partial charge in [0.15, 0.2) is 0 Å². The van der Waals surface area contributed by atoms with Crippen LogP contribution in [-0.2, 0) is 11.2 Å². The largest absolute Gasteiger partial charge is 0.357 e. The molecule has 0 amide bonds. The van der Waals surface area contributed by atoms with Gasteiger partial charge in [0.2, 0.25) is 0 Å². The Morgan fingerprint density at radius 2 is 2.24 bits per heavy atom. The zero-order chi connectivity index (χ0) is 14.2. The van der Waals surface area contributed by atoms with Crippen molar-refractivity contribution in [3.05, 3.63) is 40.9 Å². The molecule has 1 unspecified atom stereocenters. The third-order valence-electron chi connectivity index (χ3n) is 4.14. The summed E-state index contributed by atoms with van der Waals surface area (Å²) in [5.74, 6) is 0. The van der Waals surface area contributed by atoms with Gasteiger partial charge in [0.05, 0.1) is 6.20 Å². The van der Waals surface area contributed by atoms with Gasteiger partial charge in [-0.3, -0.25) is 0 Å². The smallest absolute Gasteiger partial charge is 0.150 e. The van der Waals surface area contributed by atoms with E-state index >= 15 is 0 Å². The third kappa shape index (κ3) is 2.28. The van der Waals surface area contributed by atoms with Crippen molar-refractivity contribution in [2.75, 3.05) is 6.61 Å². The summed E-state index contributed by atoms with van der Waals surface area (Å²) in [5.41, 5.74) is 4.43. The van der Waals surface area contributed by atoms with Crippen LogP contribution in [-0.4, -0.2) is 21.4 Å². The SMILES string of the molecule is Clc1ncc(-c2cnn(C3CCCCO3)c2)c2c1CC=C2. The molecule has 21 heavy (non-hydrogen) atoms. The van der Waals surface area contributed by atoms with Gasteiger partial charge in [0, 0.05) is 35.7 Å². The van der Waals surface area contributed by atoms with E-state index in [1.54, 1.807) is 0 Å². The molecule has 0 radical (unpaired) electrons. The first-order valence-electron chi connectivity index (χ1n) is 7.33. The fourth-order valence-electron chi connectivity index (χ4n) is 3.02. The van der Waals surface area contributed by atoms with Crippen molar-refractivity contribution in [3.8, 4) is 11.1 Å². The maximum absolute atomic E-state index is 6.16. The number of ether oxygens (including phenoxy) is 1. The summed E-state index contributed by atoms with van der Waals surface area (Å²) in [4.78, 5) is 4.31. The molecule has 4 nitrogen and oxygen atoms in total. The monoisotopic (exact) mass is 301 g/mol. The first kappa shape index (κ1) is 13.0. The minimum atomic E-state index is 0.0661. The Hall–Kier alpha value is -1.65. The van der Waals surface area contributed by atoms with Crippen molar-refractivity contribution < 1.29 is 4.74 Å². The van der Waals surface area contributed by atoms with Crippen LogP contribution in [0.3, 0.4) is 0 Å². The van der Waals surface area contributed by atoms with Crippen LogP contribution in [0.2, 0.25) is 5.15 Å². The van der Waals surface area contributed by atoms with Gasteiger partial charge in [-0.25, -0.2) is 9.67 Å². The van der Waals surface area contributed by atoms with Gasteiger partial charge in [-0.05, 0) is 31.2 Å². The first-order valence-corrected chi connectivity index (χ1v) is 7.71. The van der Waals surface area contributed by atoms with Gasteiger partial charge in [0.1, 0.15) is 11.4 Å². The zero-order valence-electron chi connectivity index (χ0n) is 11.6. The van der Waals surface area contributed by atoms with Crippen molar-refractivity contribution in [2.24, 2.45) is 0 Å². The van der Waals surface area contributed by atoms with Gasteiger partial charge >= 0.3 is 0 Å². The standard InChI is InChI=1S/C16H16ClN3O/c17-16-13-5-3-4-12(13)14(9-18-16)11-8-19-20(10-11)15-6-1-2-7-21-15/h3-4,8-10,15H,1-2,5-7H2. The molecular formula is C16H16ClN3O. The van der Waals surface area contributed by atoms with Gasteiger partial charge in [-0.1, -0.05) is 23.8 Å². The lowest BCUT2D eigenvalue weighted by Crippen LogP contribution is -2.18. The predicted octanol–water partition coefficient (Wildman–Crippen LogP) is 3.87. The molecule has 5 heteroatoms. The van der Waals surface area contributed by atoms with E-state index in [1.807, 2.05) is 23.3 Å². The van der Waals surface area contributed by atoms with E-state index in [-0.39, 0.29) is 6.23 Å². The van der Waals surface area contributed by atoms with Crippen LogP contribution in [0.1, 0.15) is 36.6 Å². The van der Waals surface area contributed by atoms with Gasteiger partial charge in [-0.2, -0.15) is 5.10 Å². The highest BCUT2D eigenvalue weighted by molar-refractivity contribution is 6.30. The fraction of sp³-hybridized carbons (Fsp3) is 0.375. The van der Waals surface area contributed by atoms with Crippen molar-refractivity contribution in [1.29, 1.82) is 0 Å². The summed E-state index contributed by atoms with van der Waals surface area (Å²) in [7, 11) is 0. The summed E-state index contributed by atoms with van der Waals surface area (Å²) in [5, 5.41) is 5.07. The Morgan fingerprint density at radius 1 is 1.29 bits per heavy atom. The van der Waals surface area contributed by atoms with Crippen LogP contribution in [0.15, 0.2) is 24.7 Å². The minimum absolute atomic E-state index is 0.0661. The van der Waals surface area contributed by atoms with Crippen molar-refractivity contribution in [1.82, 2.24) is 14.8 Å². The van der Waals surface area contributed by atoms with Crippen LogP contribution in [0, 0.1) is 0 Å². The molecule has 3 heterocycles. The normalized spacial score (nSPS) is 20.7. The molecule has 4 rings (SSSR count). The average Bonchev–Trinajstić information content (AvgIpc) is 3.18. The average molecular weight is 302 g/mol. The molecule has 0 aromatic carbocycles. The van der Waals surface area contributed by atoms with Crippen LogP contribution in [0.25, 0.3) is 17.2 Å². The molecule has 1 atom stereocenters. The van der Waals surface area contributed by atoms with E-state index in [9.17, 15) is 0 Å². The summed E-state index contributed by atoms with van der Waals surface area (Å²) in [6.45, 7) is 0.820. The van der Waals surface area contributed by atoms with E-state index in [4.69, 9.17) is 16.3 Å². The molecule has 0 bridgehead atoms. The lowest BCUT2D eigenvalue weighted by atomic mass is 10.0. The van der Waals surface area contributed by atoms with E-state index < -0.39 is 0 Å². The van der Waals surface area contributed by atoms with Crippen molar-refractivity contribution in [3.63, 3.8) is 0 Å². The highest BCUT2D eigenvalue weighted by Gasteiger charge is 2.20. The molecule has 1 aliphatic heterocycles. The Morgan fingerprint density at radius 3 is 3.10 bits per heavy atom. The summed E-state index contributed by atoms with van der Waals surface area (Å²) in [6, 6.07) is 0. The molecule has 1 aliphatic carbocycles. The van der Waals surface area contributed by atoms with E-state index in [1.165, 1.54) is 12.0 Å². The first-order chi connectivity index (χ1) is 10.3. The fourth-order valence-corrected chi connectivity index (χ4v) is 3.25. The molecule has 0 saturated carbocycles. The number of aromatic nitrogens is 3. The molecule has 2 aliphatic rings. The summed E-state index contributed by atoms with van der Waals surface area (Å²) < 4.78 is 7.70. The molecule has 2 aromatic heterocycles. The Kier molecular flexibility index (Phi) is 3.28. The lowest BCUT2D eigenvalue weighted by Gasteiger charge is -2.22. The zero-order valence-corrected chi connectivity index (χ0v) is 12.4.